The third-order valence-electron chi connectivity index (χ3n) is 3.81. The molecular weight excluding hydrogens is 368 g/mol. The molecule has 0 N–H and O–H groups in total. The van der Waals surface area contributed by atoms with Crippen LogP contribution in [-0.2, 0) is 14.3 Å². The van der Waals surface area contributed by atoms with Crippen molar-refractivity contribution in [3.63, 3.8) is 0 Å². The highest BCUT2D eigenvalue weighted by molar-refractivity contribution is 8.26. The lowest BCUT2D eigenvalue weighted by Gasteiger charge is -2.14. The zero-order chi connectivity index (χ0) is 19.1. The van der Waals surface area contributed by atoms with Crippen molar-refractivity contribution in [1.29, 1.82) is 0 Å². The predicted molar refractivity (Wildman–Crippen MR) is 110 cm³/mol. The lowest BCUT2D eigenvalue weighted by atomic mass is 10.1. The maximum absolute atomic E-state index is 12.5. The first-order valence-corrected chi connectivity index (χ1v) is 9.71. The lowest BCUT2D eigenvalue weighted by molar-refractivity contribution is -0.144. The molecule has 5 nitrogen and oxygen atoms in total. The molecule has 1 aliphatic heterocycles. The van der Waals surface area contributed by atoms with E-state index in [0.29, 0.717) is 35.3 Å². The standard InChI is InChI=1S/C19H24N2O3S2/c1-14-6-8-15(9-7-14)13-16-18(23)21(19(25)26-16)10-4-5-17(22)24-12-11-20(2)3/h6-9,13H,4-5,10-12H2,1-3H3/b16-13-. The van der Waals surface area contributed by atoms with Crippen molar-refractivity contribution in [2.45, 2.75) is 19.8 Å². The van der Waals surface area contributed by atoms with Crippen molar-refractivity contribution in [3.8, 4) is 0 Å². The second-order valence-electron chi connectivity index (χ2n) is 6.37. The summed E-state index contributed by atoms with van der Waals surface area (Å²) in [5.41, 5.74) is 2.15. The third-order valence-corrected chi connectivity index (χ3v) is 5.19. The van der Waals surface area contributed by atoms with Crippen LogP contribution in [0.15, 0.2) is 29.2 Å². The molecule has 0 radical (unpaired) electrons. The number of nitrogens with zero attached hydrogens (tertiary/aromatic N) is 2. The molecule has 2 rings (SSSR count). The minimum absolute atomic E-state index is 0.0958. The number of esters is 1. The van der Waals surface area contributed by atoms with E-state index in [-0.39, 0.29) is 18.3 Å². The summed E-state index contributed by atoms with van der Waals surface area (Å²) in [6, 6.07) is 7.97. The predicted octanol–water partition coefficient (Wildman–Crippen LogP) is 3.08. The van der Waals surface area contributed by atoms with Crippen LogP contribution in [0.3, 0.4) is 0 Å². The number of carbonyl (C=O) groups is 2. The fourth-order valence-electron chi connectivity index (χ4n) is 2.30. The number of benzene rings is 1. The number of thiocarbonyl (C=S) groups is 1. The fourth-order valence-corrected chi connectivity index (χ4v) is 3.61. The average molecular weight is 393 g/mol. The molecule has 0 atom stereocenters. The van der Waals surface area contributed by atoms with Gasteiger partial charge in [-0.15, -0.1) is 0 Å². The summed E-state index contributed by atoms with van der Waals surface area (Å²) >= 11 is 6.62. The molecule has 1 aliphatic rings. The Bertz CT molecular complexity index is 699. The van der Waals surface area contributed by atoms with Gasteiger partial charge in [0.05, 0.1) is 4.91 Å². The summed E-state index contributed by atoms with van der Waals surface area (Å²) < 4.78 is 5.68. The quantitative estimate of drug-likeness (QED) is 0.385. The second-order valence-corrected chi connectivity index (χ2v) is 8.05. The topological polar surface area (TPSA) is 49.9 Å². The zero-order valence-electron chi connectivity index (χ0n) is 15.4. The van der Waals surface area contributed by atoms with E-state index in [4.69, 9.17) is 17.0 Å². The molecule has 0 saturated carbocycles. The summed E-state index contributed by atoms with van der Waals surface area (Å²) in [5.74, 6) is -0.339. The highest BCUT2D eigenvalue weighted by Gasteiger charge is 2.31. The monoisotopic (exact) mass is 392 g/mol. The third kappa shape index (κ3) is 6.23. The van der Waals surface area contributed by atoms with Crippen molar-refractivity contribution in [1.82, 2.24) is 9.80 Å². The number of amides is 1. The zero-order valence-corrected chi connectivity index (χ0v) is 17.0. The van der Waals surface area contributed by atoms with Gasteiger partial charge < -0.3 is 9.64 Å². The number of likely N-dealkylation sites (N-methyl/N-ethyl adjacent to an activating group) is 1. The van der Waals surface area contributed by atoms with Crippen LogP contribution in [-0.4, -0.2) is 59.8 Å². The van der Waals surface area contributed by atoms with Crippen LogP contribution in [0.5, 0.6) is 0 Å². The Kier molecular flexibility index (Phi) is 7.81. The molecule has 140 valence electrons. The van der Waals surface area contributed by atoms with Gasteiger partial charge in [0.25, 0.3) is 5.91 Å². The molecule has 0 unspecified atom stereocenters. The number of carbonyl (C=O) groups excluding carboxylic acids is 2. The normalized spacial score (nSPS) is 16.0. The maximum Gasteiger partial charge on any atom is 0.305 e. The highest BCUT2D eigenvalue weighted by atomic mass is 32.2. The fraction of sp³-hybridized carbons (Fsp3) is 0.421. The summed E-state index contributed by atoms with van der Waals surface area (Å²) in [5, 5.41) is 0. The smallest absolute Gasteiger partial charge is 0.305 e. The highest BCUT2D eigenvalue weighted by Crippen LogP contribution is 2.32. The van der Waals surface area contributed by atoms with Gasteiger partial charge in [0.1, 0.15) is 10.9 Å². The minimum atomic E-state index is -0.243. The van der Waals surface area contributed by atoms with Crippen LogP contribution >= 0.6 is 24.0 Å². The van der Waals surface area contributed by atoms with Gasteiger partial charge in [0.2, 0.25) is 0 Å². The largest absolute Gasteiger partial charge is 0.464 e. The van der Waals surface area contributed by atoms with Crippen molar-refractivity contribution in [3.05, 3.63) is 40.3 Å². The van der Waals surface area contributed by atoms with Crippen LogP contribution < -0.4 is 0 Å². The molecule has 0 aromatic heterocycles. The minimum Gasteiger partial charge on any atom is -0.464 e. The van der Waals surface area contributed by atoms with E-state index >= 15 is 0 Å². The van der Waals surface area contributed by atoms with E-state index < -0.39 is 0 Å². The molecule has 1 saturated heterocycles. The van der Waals surface area contributed by atoms with Gasteiger partial charge in [-0.25, -0.2) is 0 Å². The Balaban J connectivity index is 1.83. The molecule has 1 fully saturated rings. The molecule has 7 heteroatoms. The van der Waals surface area contributed by atoms with Crippen LogP contribution in [0.2, 0.25) is 0 Å². The van der Waals surface area contributed by atoms with Crippen LogP contribution in [0.25, 0.3) is 6.08 Å². The summed E-state index contributed by atoms with van der Waals surface area (Å²) in [7, 11) is 3.85. The summed E-state index contributed by atoms with van der Waals surface area (Å²) in [6.45, 7) is 3.53. The Morgan fingerprint density at radius 2 is 2.00 bits per heavy atom. The molecule has 1 heterocycles. The van der Waals surface area contributed by atoms with Crippen molar-refractivity contribution in [2.75, 3.05) is 33.8 Å². The van der Waals surface area contributed by atoms with Gasteiger partial charge in [0, 0.05) is 19.5 Å². The Morgan fingerprint density at radius 1 is 1.31 bits per heavy atom. The molecular formula is C19H24N2O3S2. The van der Waals surface area contributed by atoms with E-state index in [1.54, 1.807) is 4.90 Å². The number of ether oxygens (including phenoxy) is 1. The van der Waals surface area contributed by atoms with E-state index in [0.717, 1.165) is 5.56 Å². The molecule has 0 aliphatic carbocycles. The first kappa shape index (κ1) is 20.6. The van der Waals surface area contributed by atoms with E-state index in [1.165, 1.54) is 17.3 Å². The Labute approximate surface area is 164 Å². The number of thioether (sulfide) groups is 1. The number of rotatable bonds is 8. The Hall–Kier alpha value is -1.70. The molecule has 1 amide bonds. The van der Waals surface area contributed by atoms with Crippen LogP contribution in [0.4, 0.5) is 0 Å². The van der Waals surface area contributed by atoms with Gasteiger partial charge in [0.15, 0.2) is 0 Å². The molecule has 0 spiro atoms. The van der Waals surface area contributed by atoms with Crippen LogP contribution in [0.1, 0.15) is 24.0 Å². The first-order valence-electron chi connectivity index (χ1n) is 8.49. The molecule has 1 aromatic carbocycles. The van der Waals surface area contributed by atoms with Gasteiger partial charge in [-0.2, -0.15) is 0 Å². The van der Waals surface area contributed by atoms with Crippen molar-refractivity contribution < 1.29 is 14.3 Å². The number of hydrogen-bond acceptors (Lipinski definition) is 6. The second kappa shape index (κ2) is 9.85. The van der Waals surface area contributed by atoms with Crippen LogP contribution in [0, 0.1) is 6.92 Å². The van der Waals surface area contributed by atoms with Gasteiger partial charge >= 0.3 is 5.97 Å². The van der Waals surface area contributed by atoms with E-state index in [1.807, 2.05) is 56.3 Å². The number of aryl methyl sites for hydroxylation is 1. The first-order chi connectivity index (χ1) is 12.4. The maximum atomic E-state index is 12.5. The van der Waals surface area contributed by atoms with E-state index in [2.05, 4.69) is 0 Å². The molecule has 1 aromatic rings. The van der Waals surface area contributed by atoms with Gasteiger partial charge in [-0.3, -0.25) is 14.5 Å². The van der Waals surface area contributed by atoms with E-state index in [9.17, 15) is 9.59 Å². The Morgan fingerprint density at radius 3 is 2.65 bits per heavy atom. The number of hydrogen-bond donors (Lipinski definition) is 0. The molecule has 26 heavy (non-hydrogen) atoms. The van der Waals surface area contributed by atoms with Crippen molar-refractivity contribution >= 4 is 46.3 Å². The summed E-state index contributed by atoms with van der Waals surface area (Å²) in [6.07, 6.45) is 2.67. The lowest BCUT2D eigenvalue weighted by Crippen LogP contribution is -2.29. The van der Waals surface area contributed by atoms with Crippen molar-refractivity contribution in [2.24, 2.45) is 0 Å². The summed E-state index contributed by atoms with van der Waals surface area (Å²) in [4.78, 5) is 28.4. The van der Waals surface area contributed by atoms with Gasteiger partial charge in [-0.05, 0) is 39.1 Å². The molecule has 0 bridgehead atoms. The van der Waals surface area contributed by atoms with Gasteiger partial charge in [-0.1, -0.05) is 53.8 Å². The SMILES string of the molecule is Cc1ccc(/C=C2\SC(=S)N(CCCC(=O)OCCN(C)C)C2=O)cc1. The average Bonchev–Trinajstić information content (AvgIpc) is 2.84.